The van der Waals surface area contributed by atoms with Gasteiger partial charge in [0.25, 0.3) is 5.91 Å². The first-order valence-corrected chi connectivity index (χ1v) is 7.11. The Balaban J connectivity index is 1.88. The minimum atomic E-state index is -0.174. The topological polar surface area (TPSA) is 67.2 Å². The molecule has 0 aliphatic rings. The van der Waals surface area contributed by atoms with Crippen LogP contribution in [0.1, 0.15) is 29.1 Å². The van der Waals surface area contributed by atoms with Crippen LogP contribution >= 0.6 is 0 Å². The number of carbonyl (C=O) groups excluding carboxylic acids is 1. The lowest BCUT2D eigenvalue weighted by molar-refractivity contribution is 0.0963. The number of pyridine rings is 1. The van der Waals surface area contributed by atoms with E-state index < -0.39 is 0 Å². The fourth-order valence-electron chi connectivity index (χ4n) is 2.33. The summed E-state index contributed by atoms with van der Waals surface area (Å²) in [5.74, 6) is 1.16. The number of aromatic nitrogens is 1. The van der Waals surface area contributed by atoms with Crippen LogP contribution in [0.25, 0.3) is 11.0 Å². The highest BCUT2D eigenvalue weighted by molar-refractivity contribution is 5.98. The molecule has 0 bridgehead atoms. The molecule has 1 atom stereocenters. The number of amides is 1. The van der Waals surface area contributed by atoms with Gasteiger partial charge in [-0.15, -0.1) is 0 Å². The summed E-state index contributed by atoms with van der Waals surface area (Å²) in [7, 11) is 1.60. The van der Waals surface area contributed by atoms with E-state index in [0.717, 1.165) is 16.7 Å². The van der Waals surface area contributed by atoms with Crippen molar-refractivity contribution in [3.8, 4) is 0 Å². The molecule has 3 rings (SSSR count). The second-order valence-electron chi connectivity index (χ2n) is 5.03. The van der Waals surface area contributed by atoms with Gasteiger partial charge in [0, 0.05) is 18.6 Å². The third kappa shape index (κ3) is 2.65. The van der Waals surface area contributed by atoms with Crippen molar-refractivity contribution < 1.29 is 9.21 Å². The number of anilines is 1. The van der Waals surface area contributed by atoms with Gasteiger partial charge in [-0.1, -0.05) is 18.2 Å². The number of benzene rings is 1. The molecule has 0 aliphatic heterocycles. The average Bonchev–Trinajstić information content (AvgIpc) is 2.99. The number of nitrogens with one attached hydrogen (secondary N) is 2. The molecule has 1 amide bonds. The van der Waals surface area contributed by atoms with Crippen LogP contribution in [-0.2, 0) is 0 Å². The standard InChI is InChI=1S/C17H17N3O2/c1-11(15-10-12-6-3-4-8-14(12)22-15)20-16-13(17(21)18-2)7-5-9-19-16/h3-11H,1-2H3,(H,18,21)(H,19,20)/t11-/m1/s1. The van der Waals surface area contributed by atoms with Crippen LogP contribution in [-0.4, -0.2) is 17.9 Å². The van der Waals surface area contributed by atoms with Crippen LogP contribution in [0.15, 0.2) is 53.1 Å². The van der Waals surface area contributed by atoms with Gasteiger partial charge in [-0.3, -0.25) is 4.79 Å². The molecule has 0 aliphatic carbocycles. The van der Waals surface area contributed by atoms with E-state index in [-0.39, 0.29) is 11.9 Å². The minimum absolute atomic E-state index is 0.106. The second kappa shape index (κ2) is 5.89. The van der Waals surface area contributed by atoms with Gasteiger partial charge in [0.2, 0.25) is 0 Å². The molecular weight excluding hydrogens is 278 g/mol. The number of carbonyl (C=O) groups is 1. The lowest BCUT2D eigenvalue weighted by Gasteiger charge is -2.14. The normalized spacial score (nSPS) is 12.1. The van der Waals surface area contributed by atoms with Gasteiger partial charge in [-0.05, 0) is 31.2 Å². The number of para-hydroxylation sites is 1. The SMILES string of the molecule is CNC(=O)c1cccnc1N[C@H](C)c1cc2ccccc2o1. The number of furan rings is 1. The maximum Gasteiger partial charge on any atom is 0.254 e. The Bertz CT molecular complexity index is 777. The molecule has 1 aromatic carbocycles. The molecule has 112 valence electrons. The fraction of sp³-hybridized carbons (Fsp3) is 0.176. The van der Waals surface area contributed by atoms with Crippen LogP contribution in [0.2, 0.25) is 0 Å². The summed E-state index contributed by atoms with van der Waals surface area (Å²) in [5, 5.41) is 6.91. The first kappa shape index (κ1) is 14.1. The van der Waals surface area contributed by atoms with E-state index in [4.69, 9.17) is 4.42 Å². The van der Waals surface area contributed by atoms with E-state index in [1.807, 2.05) is 37.3 Å². The molecular formula is C17H17N3O2. The van der Waals surface area contributed by atoms with E-state index in [2.05, 4.69) is 15.6 Å². The largest absolute Gasteiger partial charge is 0.459 e. The smallest absolute Gasteiger partial charge is 0.254 e. The summed E-state index contributed by atoms with van der Waals surface area (Å²) in [6.45, 7) is 1.97. The first-order chi connectivity index (χ1) is 10.7. The molecule has 0 fully saturated rings. The van der Waals surface area contributed by atoms with Gasteiger partial charge >= 0.3 is 0 Å². The molecule has 2 N–H and O–H groups in total. The second-order valence-corrected chi connectivity index (χ2v) is 5.03. The summed E-state index contributed by atoms with van der Waals surface area (Å²) >= 11 is 0. The Morgan fingerprint density at radius 1 is 1.23 bits per heavy atom. The molecule has 5 heteroatoms. The van der Waals surface area contributed by atoms with Gasteiger partial charge in [0.15, 0.2) is 0 Å². The number of fused-ring (bicyclic) bond motifs is 1. The molecule has 0 saturated carbocycles. The third-order valence-corrected chi connectivity index (χ3v) is 3.50. The zero-order valence-electron chi connectivity index (χ0n) is 12.5. The lowest BCUT2D eigenvalue weighted by atomic mass is 10.2. The van der Waals surface area contributed by atoms with Crippen molar-refractivity contribution in [2.75, 3.05) is 12.4 Å². The number of hydrogen-bond acceptors (Lipinski definition) is 4. The van der Waals surface area contributed by atoms with E-state index >= 15 is 0 Å². The quantitative estimate of drug-likeness (QED) is 0.774. The number of hydrogen-bond donors (Lipinski definition) is 2. The Hall–Kier alpha value is -2.82. The highest BCUT2D eigenvalue weighted by Gasteiger charge is 2.16. The summed E-state index contributed by atoms with van der Waals surface area (Å²) < 4.78 is 5.84. The highest BCUT2D eigenvalue weighted by atomic mass is 16.3. The summed E-state index contributed by atoms with van der Waals surface area (Å²) in [6, 6.07) is 13.2. The maximum atomic E-state index is 11.9. The van der Waals surface area contributed by atoms with Crippen LogP contribution in [0.3, 0.4) is 0 Å². The van der Waals surface area contributed by atoms with E-state index in [0.29, 0.717) is 11.4 Å². The van der Waals surface area contributed by atoms with Gasteiger partial charge in [0.1, 0.15) is 17.2 Å². The molecule has 22 heavy (non-hydrogen) atoms. The number of rotatable bonds is 4. The monoisotopic (exact) mass is 295 g/mol. The van der Waals surface area contributed by atoms with Crippen LogP contribution in [0.4, 0.5) is 5.82 Å². The summed E-state index contributed by atoms with van der Waals surface area (Å²) in [5.41, 5.74) is 1.35. The Morgan fingerprint density at radius 2 is 2.05 bits per heavy atom. The van der Waals surface area contributed by atoms with Gasteiger partial charge in [-0.25, -0.2) is 4.98 Å². The van der Waals surface area contributed by atoms with Crippen molar-refractivity contribution in [1.29, 1.82) is 0 Å². The Kier molecular flexibility index (Phi) is 3.78. The predicted molar refractivity (Wildman–Crippen MR) is 85.9 cm³/mol. The minimum Gasteiger partial charge on any atom is -0.459 e. The maximum absolute atomic E-state index is 11.9. The zero-order chi connectivity index (χ0) is 15.5. The van der Waals surface area contributed by atoms with Crippen molar-refractivity contribution in [3.63, 3.8) is 0 Å². The Morgan fingerprint density at radius 3 is 2.82 bits per heavy atom. The van der Waals surface area contributed by atoms with Gasteiger partial charge in [-0.2, -0.15) is 0 Å². The Labute approximate surface area is 128 Å². The molecule has 2 aromatic heterocycles. The van der Waals surface area contributed by atoms with Crippen molar-refractivity contribution in [3.05, 3.63) is 60.0 Å². The summed E-state index contributed by atoms with van der Waals surface area (Å²) in [4.78, 5) is 16.1. The zero-order valence-corrected chi connectivity index (χ0v) is 12.5. The van der Waals surface area contributed by atoms with Crippen molar-refractivity contribution in [1.82, 2.24) is 10.3 Å². The highest BCUT2D eigenvalue weighted by Crippen LogP contribution is 2.26. The number of nitrogens with zero attached hydrogens (tertiary/aromatic N) is 1. The van der Waals surface area contributed by atoms with Crippen molar-refractivity contribution in [2.24, 2.45) is 0 Å². The van der Waals surface area contributed by atoms with Crippen molar-refractivity contribution in [2.45, 2.75) is 13.0 Å². The molecule has 0 spiro atoms. The first-order valence-electron chi connectivity index (χ1n) is 7.11. The average molecular weight is 295 g/mol. The molecule has 0 radical (unpaired) electrons. The predicted octanol–water partition coefficient (Wildman–Crippen LogP) is 3.36. The summed E-state index contributed by atoms with van der Waals surface area (Å²) in [6.07, 6.45) is 1.65. The van der Waals surface area contributed by atoms with Gasteiger partial charge < -0.3 is 15.1 Å². The molecule has 2 heterocycles. The van der Waals surface area contributed by atoms with Gasteiger partial charge in [0.05, 0.1) is 11.6 Å². The lowest BCUT2D eigenvalue weighted by Crippen LogP contribution is -2.21. The molecule has 5 nitrogen and oxygen atoms in total. The molecule has 0 saturated heterocycles. The van der Waals surface area contributed by atoms with E-state index in [1.165, 1.54) is 0 Å². The molecule has 0 unspecified atom stereocenters. The van der Waals surface area contributed by atoms with E-state index in [1.54, 1.807) is 25.4 Å². The van der Waals surface area contributed by atoms with Crippen molar-refractivity contribution >= 4 is 22.7 Å². The fourth-order valence-corrected chi connectivity index (χ4v) is 2.33. The van der Waals surface area contributed by atoms with Crippen LogP contribution in [0.5, 0.6) is 0 Å². The third-order valence-electron chi connectivity index (χ3n) is 3.50. The van der Waals surface area contributed by atoms with Crippen LogP contribution < -0.4 is 10.6 Å². The van der Waals surface area contributed by atoms with E-state index in [9.17, 15) is 4.79 Å². The molecule has 3 aromatic rings. The van der Waals surface area contributed by atoms with Crippen LogP contribution in [0, 0.1) is 0 Å².